The Morgan fingerprint density at radius 1 is 1.64 bits per heavy atom. The molecule has 0 aromatic carbocycles. The highest BCUT2D eigenvalue weighted by Gasteiger charge is 2.22. The van der Waals surface area contributed by atoms with Gasteiger partial charge in [-0.3, -0.25) is 4.79 Å². The number of amides is 1. The summed E-state index contributed by atoms with van der Waals surface area (Å²) in [5, 5.41) is 0. The molecule has 1 amide bonds. The van der Waals surface area contributed by atoms with Crippen LogP contribution < -0.4 is 0 Å². The molecule has 0 heterocycles. The third-order valence-corrected chi connectivity index (χ3v) is 3.20. The second-order valence-electron chi connectivity index (χ2n) is 3.08. The van der Waals surface area contributed by atoms with Crippen molar-refractivity contribution in [2.75, 3.05) is 18.6 Å². The van der Waals surface area contributed by atoms with Crippen LogP contribution in [0.25, 0.3) is 0 Å². The zero-order valence-corrected chi connectivity index (χ0v) is 10.4. The maximum atomic E-state index is 12.5. The lowest BCUT2D eigenvalue weighted by molar-refractivity contribution is -0.134. The lowest BCUT2D eigenvalue weighted by atomic mass is 10.2. The zero-order valence-electron chi connectivity index (χ0n) is 8.80. The summed E-state index contributed by atoms with van der Waals surface area (Å²) in [6, 6.07) is 0.0403. The number of nitrogens with zero attached hydrogens (tertiary/aromatic N) is 1. The Balaban J connectivity index is 3.86. The smallest absolute Gasteiger partial charge is 0.272 e. The van der Waals surface area contributed by atoms with E-state index in [-0.39, 0.29) is 6.04 Å². The topological polar surface area (TPSA) is 20.3 Å². The molecule has 0 radical (unpaired) electrons. The largest absolute Gasteiger partial charge is 0.339 e. The van der Waals surface area contributed by atoms with Crippen molar-refractivity contribution < 1.29 is 9.18 Å². The number of carbonyl (C=O) groups is 1. The fraction of sp³-hybridized carbons (Fsp3) is 0.889. The molecule has 0 aliphatic heterocycles. The van der Waals surface area contributed by atoms with E-state index in [1.807, 2.05) is 18.7 Å². The van der Waals surface area contributed by atoms with E-state index in [1.54, 1.807) is 7.05 Å². The quantitative estimate of drug-likeness (QED) is 0.526. The molecule has 0 saturated carbocycles. The van der Waals surface area contributed by atoms with Gasteiger partial charge in [0, 0.05) is 13.1 Å². The molecular weight excluding hydrogens is 225 g/mol. The lowest BCUT2D eigenvalue weighted by Crippen LogP contribution is -2.38. The molecule has 0 N–H and O–H groups in total. The zero-order chi connectivity index (χ0) is 11.1. The average Bonchev–Trinajstić information content (AvgIpc) is 2.15. The van der Waals surface area contributed by atoms with Crippen LogP contribution in [0.5, 0.6) is 0 Å². The Labute approximate surface area is 94.2 Å². The Morgan fingerprint density at radius 3 is 2.64 bits per heavy atom. The molecule has 2 unspecified atom stereocenters. The van der Waals surface area contributed by atoms with E-state index in [0.717, 1.165) is 17.9 Å². The van der Waals surface area contributed by atoms with E-state index in [2.05, 4.69) is 6.92 Å². The molecule has 14 heavy (non-hydrogen) atoms. The van der Waals surface area contributed by atoms with Crippen LogP contribution in [-0.2, 0) is 4.79 Å². The molecule has 2 atom stereocenters. The summed E-state index contributed by atoms with van der Waals surface area (Å²) in [5.41, 5.74) is -1.92. The minimum absolute atomic E-state index is 0.0403. The van der Waals surface area contributed by atoms with Crippen LogP contribution in [0, 0.1) is 0 Å². The maximum Gasteiger partial charge on any atom is 0.272 e. The summed E-state index contributed by atoms with van der Waals surface area (Å²) in [5.74, 6) is 1.39. The Kier molecular flexibility index (Phi) is 7.37. The number of halogens is 2. The predicted octanol–water partition coefficient (Wildman–Crippen LogP) is 2.51. The van der Waals surface area contributed by atoms with Gasteiger partial charge in [0.05, 0.1) is 0 Å². The van der Waals surface area contributed by atoms with Crippen LogP contribution in [0.1, 0.15) is 20.3 Å². The number of rotatable bonds is 6. The number of hydrogen-bond donors (Lipinski definition) is 0. The standard InChI is InChI=1S/C9H17ClFNOS/c1-4-14-6-5-7(2)12(3)9(13)8(10)11/h7-8H,4-6H2,1-3H3. The first-order chi connectivity index (χ1) is 6.50. The van der Waals surface area contributed by atoms with Gasteiger partial charge >= 0.3 is 0 Å². The fourth-order valence-electron chi connectivity index (χ4n) is 0.963. The van der Waals surface area contributed by atoms with Crippen molar-refractivity contribution in [3.63, 3.8) is 0 Å². The van der Waals surface area contributed by atoms with Crippen LogP contribution in [-0.4, -0.2) is 41.0 Å². The van der Waals surface area contributed by atoms with E-state index in [0.29, 0.717) is 0 Å². The van der Waals surface area contributed by atoms with Gasteiger partial charge in [-0.2, -0.15) is 11.8 Å². The highest BCUT2D eigenvalue weighted by molar-refractivity contribution is 7.99. The van der Waals surface area contributed by atoms with Crippen molar-refractivity contribution in [2.24, 2.45) is 0 Å². The van der Waals surface area contributed by atoms with E-state index in [4.69, 9.17) is 11.6 Å². The first-order valence-electron chi connectivity index (χ1n) is 4.63. The first kappa shape index (κ1) is 14.0. The Hall–Kier alpha value is 0.0400. The van der Waals surface area contributed by atoms with Crippen molar-refractivity contribution in [3.8, 4) is 0 Å². The minimum Gasteiger partial charge on any atom is -0.339 e. The summed E-state index contributed by atoms with van der Waals surface area (Å²) in [4.78, 5) is 12.5. The van der Waals surface area contributed by atoms with E-state index < -0.39 is 11.5 Å². The Bertz CT molecular complexity index is 180. The second-order valence-corrected chi connectivity index (χ2v) is 4.86. The van der Waals surface area contributed by atoms with Crippen molar-refractivity contribution in [2.45, 2.75) is 31.9 Å². The number of hydrogen-bond acceptors (Lipinski definition) is 2. The van der Waals surface area contributed by atoms with Gasteiger partial charge in [0.25, 0.3) is 11.5 Å². The first-order valence-corrected chi connectivity index (χ1v) is 6.22. The second kappa shape index (κ2) is 7.35. The fourth-order valence-corrected chi connectivity index (χ4v) is 1.91. The predicted molar refractivity (Wildman–Crippen MR) is 60.6 cm³/mol. The Morgan fingerprint density at radius 2 is 2.21 bits per heavy atom. The van der Waals surface area contributed by atoms with E-state index in [1.165, 1.54) is 4.90 Å². The van der Waals surface area contributed by atoms with Crippen LogP contribution in [0.15, 0.2) is 0 Å². The molecule has 0 aliphatic carbocycles. The van der Waals surface area contributed by atoms with Gasteiger partial charge in [-0.05, 0) is 24.9 Å². The van der Waals surface area contributed by atoms with Crippen LogP contribution in [0.3, 0.4) is 0 Å². The highest BCUT2D eigenvalue weighted by atomic mass is 35.5. The molecule has 0 fully saturated rings. The van der Waals surface area contributed by atoms with Crippen LogP contribution >= 0.6 is 23.4 Å². The normalized spacial score (nSPS) is 14.9. The van der Waals surface area contributed by atoms with E-state index >= 15 is 0 Å². The molecule has 0 aromatic rings. The molecule has 0 spiro atoms. The van der Waals surface area contributed by atoms with Gasteiger partial charge in [0.15, 0.2) is 0 Å². The molecule has 84 valence electrons. The maximum absolute atomic E-state index is 12.5. The molecule has 0 saturated heterocycles. The SMILES string of the molecule is CCSCCC(C)N(C)C(=O)C(F)Cl. The number of carbonyl (C=O) groups excluding carboxylic acids is 1. The van der Waals surface area contributed by atoms with Gasteiger partial charge in [0.1, 0.15) is 0 Å². The van der Waals surface area contributed by atoms with Crippen molar-refractivity contribution in [3.05, 3.63) is 0 Å². The highest BCUT2D eigenvalue weighted by Crippen LogP contribution is 2.11. The third-order valence-electron chi connectivity index (χ3n) is 2.08. The van der Waals surface area contributed by atoms with Gasteiger partial charge < -0.3 is 4.90 Å². The van der Waals surface area contributed by atoms with Gasteiger partial charge in [0.2, 0.25) is 0 Å². The molecule has 2 nitrogen and oxygen atoms in total. The van der Waals surface area contributed by atoms with Crippen molar-refractivity contribution in [1.82, 2.24) is 4.90 Å². The number of alkyl halides is 2. The van der Waals surface area contributed by atoms with Gasteiger partial charge in [-0.25, -0.2) is 4.39 Å². The van der Waals surface area contributed by atoms with Crippen LogP contribution in [0.4, 0.5) is 4.39 Å². The summed E-state index contributed by atoms with van der Waals surface area (Å²) >= 11 is 6.87. The minimum atomic E-state index is -1.92. The molecule has 0 rings (SSSR count). The van der Waals surface area contributed by atoms with Crippen molar-refractivity contribution >= 4 is 29.3 Å². The van der Waals surface area contributed by atoms with Crippen LogP contribution in [0.2, 0.25) is 0 Å². The monoisotopic (exact) mass is 241 g/mol. The van der Waals surface area contributed by atoms with Gasteiger partial charge in [-0.15, -0.1) is 0 Å². The van der Waals surface area contributed by atoms with Gasteiger partial charge in [-0.1, -0.05) is 18.5 Å². The van der Waals surface area contributed by atoms with Crippen molar-refractivity contribution in [1.29, 1.82) is 0 Å². The number of thioether (sulfide) groups is 1. The molecule has 0 bridgehead atoms. The molecule has 0 aromatic heterocycles. The molecule has 0 aliphatic rings. The summed E-state index contributed by atoms with van der Waals surface area (Å²) in [6.45, 7) is 3.98. The summed E-state index contributed by atoms with van der Waals surface area (Å²) < 4.78 is 12.5. The lowest BCUT2D eigenvalue weighted by Gasteiger charge is -2.24. The third kappa shape index (κ3) is 5.05. The summed E-state index contributed by atoms with van der Waals surface area (Å²) in [6.07, 6.45) is 0.865. The molecule has 5 heteroatoms. The summed E-state index contributed by atoms with van der Waals surface area (Å²) in [7, 11) is 1.58. The van der Waals surface area contributed by atoms with E-state index in [9.17, 15) is 9.18 Å². The average molecular weight is 242 g/mol. The molecular formula is C9H17ClFNOS.